The Morgan fingerprint density at radius 2 is 1.70 bits per heavy atom. The Morgan fingerprint density at radius 1 is 0.913 bits per heavy atom. The first-order valence-electron chi connectivity index (χ1n) is 8.58. The fraction of sp³-hybridized carbons (Fsp3) is 0.350. The molecule has 2 aromatic carbocycles. The number of nitrogens with one attached hydrogen (secondary N) is 2. The molecule has 0 heterocycles. The molecule has 0 bridgehead atoms. The summed E-state index contributed by atoms with van der Waals surface area (Å²) < 4.78 is 0. The quantitative estimate of drug-likeness (QED) is 0.707. The molecule has 118 valence electrons. The van der Waals surface area contributed by atoms with Crippen LogP contribution in [0.25, 0.3) is 11.1 Å². The van der Waals surface area contributed by atoms with Crippen molar-refractivity contribution in [3.8, 4) is 11.1 Å². The summed E-state index contributed by atoms with van der Waals surface area (Å²) in [6.45, 7) is 0. The zero-order chi connectivity index (χ0) is 15.6. The maximum atomic E-state index is 12.2. The predicted molar refractivity (Wildman–Crippen MR) is 93.7 cm³/mol. The lowest BCUT2D eigenvalue weighted by Crippen LogP contribution is -2.39. The van der Waals surface area contributed by atoms with Gasteiger partial charge in [-0.25, -0.2) is 4.79 Å². The maximum absolute atomic E-state index is 12.2. The van der Waals surface area contributed by atoms with Gasteiger partial charge in [0.05, 0.1) is 0 Å². The van der Waals surface area contributed by atoms with Crippen LogP contribution >= 0.6 is 0 Å². The van der Waals surface area contributed by atoms with Crippen LogP contribution in [0.2, 0.25) is 0 Å². The third-order valence-corrected chi connectivity index (χ3v) is 4.99. The molecule has 2 N–H and O–H groups in total. The van der Waals surface area contributed by atoms with E-state index in [0.29, 0.717) is 6.04 Å². The van der Waals surface area contributed by atoms with Crippen molar-refractivity contribution < 1.29 is 4.79 Å². The smallest absolute Gasteiger partial charge is 0.319 e. The van der Waals surface area contributed by atoms with Gasteiger partial charge in [0, 0.05) is 11.7 Å². The number of anilines is 1. The van der Waals surface area contributed by atoms with Crippen molar-refractivity contribution in [1.29, 1.82) is 0 Å². The van der Waals surface area contributed by atoms with Crippen LogP contribution in [0.4, 0.5) is 10.5 Å². The van der Waals surface area contributed by atoms with Gasteiger partial charge in [-0.05, 0) is 53.6 Å². The van der Waals surface area contributed by atoms with Crippen LogP contribution in [-0.4, -0.2) is 12.1 Å². The summed E-state index contributed by atoms with van der Waals surface area (Å²) in [5.74, 6) is 0. The second kappa shape index (κ2) is 6.07. The van der Waals surface area contributed by atoms with Crippen molar-refractivity contribution in [2.75, 3.05) is 5.32 Å². The molecule has 23 heavy (non-hydrogen) atoms. The minimum Gasteiger partial charge on any atom is -0.335 e. The molecule has 4 rings (SSSR count). The number of fused-ring (bicyclic) bond motifs is 3. The first kappa shape index (κ1) is 14.3. The van der Waals surface area contributed by atoms with Gasteiger partial charge in [0.25, 0.3) is 0 Å². The summed E-state index contributed by atoms with van der Waals surface area (Å²) >= 11 is 0. The number of benzene rings is 2. The molecule has 0 radical (unpaired) electrons. The molecule has 3 heteroatoms. The largest absolute Gasteiger partial charge is 0.335 e. The van der Waals surface area contributed by atoms with E-state index in [-0.39, 0.29) is 6.03 Å². The van der Waals surface area contributed by atoms with Gasteiger partial charge in [-0.3, -0.25) is 0 Å². The molecule has 0 aromatic heterocycles. The molecule has 3 nitrogen and oxygen atoms in total. The van der Waals surface area contributed by atoms with Crippen LogP contribution < -0.4 is 10.6 Å². The lowest BCUT2D eigenvalue weighted by Gasteiger charge is -2.22. The second-order valence-electron chi connectivity index (χ2n) is 6.64. The zero-order valence-corrected chi connectivity index (χ0v) is 13.3. The Balaban J connectivity index is 1.45. The average Bonchev–Trinajstić information content (AvgIpc) is 2.93. The Bertz CT molecular complexity index is 732. The van der Waals surface area contributed by atoms with E-state index in [1.165, 1.54) is 41.5 Å². The van der Waals surface area contributed by atoms with Gasteiger partial charge in [0.15, 0.2) is 0 Å². The Labute approximate surface area is 137 Å². The summed E-state index contributed by atoms with van der Waals surface area (Å²) in [6.07, 6.45) is 6.90. The molecule has 0 atom stereocenters. The normalized spacial score (nSPS) is 16.5. The van der Waals surface area contributed by atoms with Gasteiger partial charge in [-0.2, -0.15) is 0 Å². The average molecular weight is 306 g/mol. The maximum Gasteiger partial charge on any atom is 0.319 e. The second-order valence-corrected chi connectivity index (χ2v) is 6.64. The van der Waals surface area contributed by atoms with Gasteiger partial charge in [0.2, 0.25) is 0 Å². The van der Waals surface area contributed by atoms with Crippen molar-refractivity contribution in [1.82, 2.24) is 5.32 Å². The van der Waals surface area contributed by atoms with E-state index in [1.807, 2.05) is 6.07 Å². The molecule has 0 unspecified atom stereocenters. The highest BCUT2D eigenvalue weighted by molar-refractivity contribution is 5.90. The number of carbonyl (C=O) groups is 1. The number of urea groups is 1. The van der Waals surface area contributed by atoms with Crippen molar-refractivity contribution in [3.05, 3.63) is 53.6 Å². The standard InChI is InChI=1S/C20H22N2O/c23-20(21-16-7-2-1-3-8-16)22-17-10-11-19-15(13-17)12-14-6-4-5-9-18(14)19/h4-6,9-11,13,16H,1-3,7-8,12H2,(H2,21,22,23). The number of hydrogen-bond acceptors (Lipinski definition) is 1. The van der Waals surface area contributed by atoms with E-state index in [4.69, 9.17) is 0 Å². The highest BCUT2D eigenvalue weighted by Crippen LogP contribution is 2.37. The Morgan fingerprint density at radius 3 is 2.57 bits per heavy atom. The molecule has 2 aliphatic rings. The van der Waals surface area contributed by atoms with Gasteiger partial charge in [-0.15, -0.1) is 0 Å². The van der Waals surface area contributed by atoms with E-state index >= 15 is 0 Å². The highest BCUT2D eigenvalue weighted by Gasteiger charge is 2.19. The monoisotopic (exact) mass is 306 g/mol. The Hall–Kier alpha value is -2.29. The van der Waals surface area contributed by atoms with Crippen LogP contribution in [0.1, 0.15) is 43.2 Å². The minimum atomic E-state index is -0.0765. The molecule has 0 saturated heterocycles. The number of hydrogen-bond donors (Lipinski definition) is 2. The van der Waals surface area contributed by atoms with Gasteiger partial charge >= 0.3 is 6.03 Å². The summed E-state index contributed by atoms with van der Waals surface area (Å²) in [6, 6.07) is 15.0. The van der Waals surface area contributed by atoms with Gasteiger partial charge < -0.3 is 10.6 Å². The van der Waals surface area contributed by atoms with Crippen molar-refractivity contribution >= 4 is 11.7 Å². The number of amides is 2. The van der Waals surface area contributed by atoms with Gasteiger partial charge in [0.1, 0.15) is 0 Å². The van der Waals surface area contributed by atoms with E-state index < -0.39 is 0 Å². The van der Waals surface area contributed by atoms with Crippen molar-refractivity contribution in [2.24, 2.45) is 0 Å². The fourth-order valence-corrected chi connectivity index (χ4v) is 3.82. The molecule has 1 saturated carbocycles. The van der Waals surface area contributed by atoms with Crippen LogP contribution in [-0.2, 0) is 6.42 Å². The van der Waals surface area contributed by atoms with Crippen molar-refractivity contribution in [3.63, 3.8) is 0 Å². The lowest BCUT2D eigenvalue weighted by atomic mass is 9.96. The molecule has 0 spiro atoms. The molecule has 1 fully saturated rings. The van der Waals surface area contributed by atoms with Crippen LogP contribution in [0.3, 0.4) is 0 Å². The first-order valence-corrected chi connectivity index (χ1v) is 8.58. The third kappa shape index (κ3) is 2.96. The van der Waals surface area contributed by atoms with Crippen LogP contribution in [0.15, 0.2) is 42.5 Å². The highest BCUT2D eigenvalue weighted by atomic mass is 16.2. The van der Waals surface area contributed by atoms with E-state index in [0.717, 1.165) is 24.9 Å². The minimum absolute atomic E-state index is 0.0765. The molecule has 2 aromatic rings. The summed E-state index contributed by atoms with van der Waals surface area (Å²) in [7, 11) is 0. The Kier molecular flexibility index (Phi) is 3.78. The lowest BCUT2D eigenvalue weighted by molar-refractivity contribution is 0.244. The SMILES string of the molecule is O=C(Nc1ccc2c(c1)Cc1ccccc1-2)NC1CCCCC1. The third-order valence-electron chi connectivity index (χ3n) is 4.99. The van der Waals surface area contributed by atoms with Crippen LogP contribution in [0.5, 0.6) is 0 Å². The first-order chi connectivity index (χ1) is 11.3. The van der Waals surface area contributed by atoms with Crippen LogP contribution in [0, 0.1) is 0 Å². The topological polar surface area (TPSA) is 41.1 Å². The fourth-order valence-electron chi connectivity index (χ4n) is 3.82. The summed E-state index contributed by atoms with van der Waals surface area (Å²) in [5, 5.41) is 6.10. The van der Waals surface area contributed by atoms with E-state index in [2.05, 4.69) is 47.0 Å². The summed E-state index contributed by atoms with van der Waals surface area (Å²) in [4.78, 5) is 12.2. The molecular formula is C20H22N2O. The molecule has 0 aliphatic heterocycles. The zero-order valence-electron chi connectivity index (χ0n) is 13.3. The van der Waals surface area contributed by atoms with Gasteiger partial charge in [-0.1, -0.05) is 49.6 Å². The summed E-state index contributed by atoms with van der Waals surface area (Å²) in [5.41, 5.74) is 6.15. The van der Waals surface area contributed by atoms with E-state index in [9.17, 15) is 4.79 Å². The number of carbonyl (C=O) groups excluding carboxylic acids is 1. The molecular weight excluding hydrogens is 284 g/mol. The number of rotatable bonds is 2. The predicted octanol–water partition coefficient (Wildman–Crippen LogP) is 4.71. The molecule has 2 amide bonds. The molecule has 2 aliphatic carbocycles. The van der Waals surface area contributed by atoms with Crippen molar-refractivity contribution in [2.45, 2.75) is 44.6 Å². The van der Waals surface area contributed by atoms with E-state index in [1.54, 1.807) is 0 Å².